The molecule has 94 heavy (non-hydrogen) atoms. The molecule has 0 saturated carbocycles. The first-order valence-electron chi connectivity index (χ1n) is 19.9. The van der Waals surface area contributed by atoms with E-state index in [9.17, 15) is 14.4 Å². The Morgan fingerprint density at radius 1 is 0.351 bits per heavy atom. The summed E-state index contributed by atoms with van der Waals surface area (Å²) in [5.74, 6) is -0.983. The number of carbonyl (C=O) groups is 3. The topological polar surface area (TPSA) is 125 Å². The van der Waals surface area contributed by atoms with Crippen molar-refractivity contribution in [3.05, 3.63) is 59.7 Å². The standard InChI is InChI=1S/C14H17NO4.C12H15NO3.ClH.I58/c1-10(16)15-8-6-11(7-9-15)19-13-5-3-2-4-12(13)14(17)18;14-12(15)10-3-1-2-4-11(10)16-9-5-7-13-8-6-9;;1-31(2)33(5)35(7)37(9)39(11)41(13)43(15)45(17)47(19)49(21)51(23)53(25)55(27)57(29)58(30)56(28)54(26)52(24)50(22)48(20)46(18)44(16)42(14)40(12)38(10)36(8)34(6)32(3)4/h2-5,11H,6-9H2,1H3,(H,17,18);1-4,9,13H,5-8H2,(H,14,15);1H;. The van der Waals surface area contributed by atoms with Crippen LogP contribution in [0, 0.1) is 0 Å². The summed E-state index contributed by atoms with van der Waals surface area (Å²) in [7, 11) is -15.5. The largest absolute Gasteiger partial charge is 0.489 e. The smallest absolute Gasteiger partial charge is 0.339 e. The molecule has 0 atom stereocenters. The van der Waals surface area contributed by atoms with E-state index in [1.165, 1.54) is 6.07 Å². The van der Waals surface area contributed by atoms with E-state index in [4.69, 9.17) is 19.7 Å². The van der Waals surface area contributed by atoms with Gasteiger partial charge in [0.05, 0.1) is 0 Å². The van der Waals surface area contributed by atoms with Crippen LogP contribution in [0.5, 0.6) is 11.5 Å². The molecule has 602 valence electrons. The third-order valence-corrected chi connectivity index (χ3v) is 4470. The van der Waals surface area contributed by atoms with Gasteiger partial charge in [-0.05, 0) is 50.2 Å². The molecule has 0 bridgehead atoms. The predicted molar refractivity (Wildman–Crippen MR) is 950 cm³/mol. The van der Waals surface area contributed by atoms with Crippen molar-refractivity contribution in [1.29, 1.82) is 0 Å². The van der Waals surface area contributed by atoms with Gasteiger partial charge in [-0.3, -0.25) is 4.79 Å². The van der Waals surface area contributed by atoms with Crippen molar-refractivity contribution in [3.63, 3.8) is 0 Å². The van der Waals surface area contributed by atoms with E-state index in [-0.39, 0.29) is 41.6 Å². The fraction of sp³-hybridized carbons (Fsp3) is 0.423. The van der Waals surface area contributed by atoms with Crippen LogP contribution in [-0.2, 0) is 4.79 Å². The van der Waals surface area contributed by atoms with Gasteiger partial charge in [-0.2, -0.15) is 0 Å². The van der Waals surface area contributed by atoms with Crippen molar-refractivity contribution in [2.24, 2.45) is 0 Å². The number of carbonyl (C=O) groups excluding carboxylic acids is 1. The molecule has 4 rings (SSSR count). The number of benzene rings is 2. The molecular weight excluding hydrogens is 7850 g/mol. The summed E-state index contributed by atoms with van der Waals surface area (Å²) in [6, 6.07) is 13.4. The maximum Gasteiger partial charge on any atom is 0.339 e. The Morgan fingerprint density at radius 2 is 0.543 bits per heavy atom. The molecule has 68 heteroatoms. The summed E-state index contributed by atoms with van der Waals surface area (Å²) in [4.78, 5) is 35.0. The van der Waals surface area contributed by atoms with Gasteiger partial charge in [0.15, 0.2) is 0 Å². The van der Waals surface area contributed by atoms with E-state index in [1.807, 2.05) is 0 Å². The van der Waals surface area contributed by atoms with Crippen LogP contribution in [0.15, 0.2) is 48.5 Å². The maximum atomic E-state index is 11.2. The third kappa shape index (κ3) is 51.7. The Bertz CT molecular complexity index is 2430. The van der Waals surface area contributed by atoms with Gasteiger partial charge in [-0.1, -0.05) is 24.3 Å². The first-order chi connectivity index (χ1) is 43.2. The summed E-state index contributed by atoms with van der Waals surface area (Å²) in [5.41, 5.74) is 0.414. The van der Waals surface area contributed by atoms with Crippen molar-refractivity contribution in [1.82, 2.24) is 10.2 Å². The minimum atomic E-state index is -0.989. The summed E-state index contributed by atoms with van der Waals surface area (Å²) >= 11 is 98.9. The van der Waals surface area contributed by atoms with Gasteiger partial charge in [0.1, 0.15) is 34.8 Å². The van der Waals surface area contributed by atoms with E-state index in [0.29, 0.717) is 24.6 Å². The summed E-state index contributed by atoms with van der Waals surface area (Å²) in [5, 5.41) is 21.3. The minimum Gasteiger partial charge on any atom is -0.489 e. The Labute approximate surface area is 948 Å². The number of likely N-dealkylation sites (tertiary alicyclic amines) is 1. The normalized spacial score (nSPS) is 17.8. The monoisotopic (exact) mass is 7880 g/mol. The number of nitrogens with zero attached hydrogens (tertiary/aromatic N) is 1. The average molecular weight is 7880 g/mol. The molecular formula is C26H33ClI58N2O7. The summed E-state index contributed by atoms with van der Waals surface area (Å²) < 4.78 is 11.5. The number of halogens is 59. The van der Waals surface area contributed by atoms with Crippen LogP contribution in [0.4, 0.5) is 0 Å². The second-order valence-electron chi connectivity index (χ2n) is 13.0. The molecule has 2 fully saturated rings. The zero-order chi connectivity index (χ0) is 71.4. The van der Waals surface area contributed by atoms with E-state index < -0.39 is 233 Å². The zero-order valence-electron chi connectivity index (χ0n) is 42.1. The van der Waals surface area contributed by atoms with E-state index >= 15 is 0 Å². The van der Waals surface area contributed by atoms with Crippen molar-refractivity contribution >= 4 is 810 Å². The zero-order valence-corrected chi connectivity index (χ0v) is 168. The van der Waals surface area contributed by atoms with Crippen LogP contribution >= 0.6 is 792 Å². The summed E-state index contributed by atoms with van der Waals surface area (Å²) in [6.07, 6.45) is 3.40. The number of carboxylic acid groups (broad SMARTS) is 2. The Balaban J connectivity index is 0.000000972. The number of piperidine rings is 2. The minimum absolute atomic E-state index is 0. The number of hydrogen-bond donors (Lipinski definition) is 3. The Morgan fingerprint density at radius 3 is 0.734 bits per heavy atom. The van der Waals surface area contributed by atoms with Crippen LogP contribution in [0.25, 0.3) is 0 Å². The fourth-order valence-electron chi connectivity index (χ4n) is 4.86. The number of aromatic carboxylic acids is 2. The molecule has 2 aromatic carbocycles. The van der Waals surface area contributed by atoms with Gasteiger partial charge in [0.25, 0.3) is 0 Å². The summed E-state index contributed by atoms with van der Waals surface area (Å²) in [6.45, 7) is 4.74. The number of carboxylic acids is 2. The van der Waals surface area contributed by atoms with Crippen molar-refractivity contribution < 1.29 is 34.1 Å². The first kappa shape index (κ1) is 131. The second kappa shape index (κ2) is 76.6. The van der Waals surface area contributed by atoms with E-state index in [1.54, 1.807) is 54.3 Å². The van der Waals surface area contributed by atoms with E-state index in [2.05, 4.69) is 564 Å². The van der Waals surface area contributed by atoms with Crippen LogP contribution < -0.4 is 14.8 Å². The number of amides is 1. The molecule has 0 unspecified atom stereocenters. The molecule has 1 amide bonds. The van der Waals surface area contributed by atoms with Crippen molar-refractivity contribution in [2.75, 3.05) is 26.2 Å². The van der Waals surface area contributed by atoms with Crippen LogP contribution in [0.3, 0.4) is 0 Å². The molecule has 3 N–H and O–H groups in total. The van der Waals surface area contributed by atoms with Crippen LogP contribution in [-0.4, -0.2) is 71.3 Å². The quantitative estimate of drug-likeness (QED) is 0.0604. The van der Waals surface area contributed by atoms with Crippen LogP contribution in [0.2, 0.25) is 0 Å². The first-order valence-corrected chi connectivity index (χ1v) is 378. The molecule has 2 aromatic rings. The third-order valence-electron chi connectivity index (χ3n) is 8.20. The van der Waals surface area contributed by atoms with Crippen LogP contribution in [0.1, 0.15) is 53.3 Å². The molecule has 2 aliphatic heterocycles. The van der Waals surface area contributed by atoms with Gasteiger partial charge >= 0.3 is 791 Å². The van der Waals surface area contributed by atoms with Crippen molar-refractivity contribution in [2.45, 2.75) is 44.8 Å². The van der Waals surface area contributed by atoms with Gasteiger partial charge < -0.3 is 29.9 Å². The number of hydrogen-bond acceptors (Lipinski definition) is 6. The second-order valence-corrected chi connectivity index (χ2v) is 1380. The van der Waals surface area contributed by atoms with Gasteiger partial charge in [0.2, 0.25) is 5.91 Å². The molecule has 0 aliphatic carbocycles. The van der Waals surface area contributed by atoms with Crippen molar-refractivity contribution in [3.8, 4) is 11.5 Å². The molecule has 2 aliphatic rings. The fourth-order valence-corrected chi connectivity index (χ4v) is 10900. The van der Waals surface area contributed by atoms with E-state index in [0.717, 1.165) is 38.8 Å². The van der Waals surface area contributed by atoms with Gasteiger partial charge in [-0.25, -0.2) is 9.59 Å². The maximum absolute atomic E-state index is 11.2. The number of ether oxygens (including phenoxy) is 2. The predicted octanol–water partition coefficient (Wildman–Crippen LogP) is 55.1. The molecule has 0 spiro atoms. The molecule has 0 radical (unpaired) electrons. The molecule has 9 nitrogen and oxygen atoms in total. The number of nitrogens with one attached hydrogen (secondary N) is 1. The average Bonchev–Trinajstić information content (AvgIpc) is 0.835. The Kier molecular flexibility index (Phi) is 107. The number of para-hydroxylation sites is 2. The SMILES string of the molecule is CC(=O)N1CCC(Oc2ccccc2C(=O)O)CC1.Cl.II(I)I(I)I(I)I(I)I(I)I(I)I(I)I(I)I(I)I(I)I(I)I(I)I(I)I(I)I(I)I(I)I(I)I(I)I(I)I(I)I(I)I(I)I(I)I(I)I(I)I(I)I(I)I(I)I.O=C(O)c1ccccc1OC1CCNCC1. The Hall–Kier alpha value is 39.0. The van der Waals surface area contributed by atoms with Gasteiger partial charge in [-0.15, -0.1) is 12.4 Å². The molecule has 2 saturated heterocycles. The molecule has 0 aromatic heterocycles. The van der Waals surface area contributed by atoms with Gasteiger partial charge in [0, 0.05) is 32.9 Å². The molecule has 2 heterocycles. The number of rotatable bonds is 33.